The Kier molecular flexibility index (Phi) is 2.95. The van der Waals surface area contributed by atoms with Crippen molar-refractivity contribution in [1.82, 2.24) is 10.2 Å². The van der Waals surface area contributed by atoms with E-state index in [0.29, 0.717) is 17.6 Å². The fraction of sp³-hybridized carbons (Fsp3) is 1.00. The summed E-state index contributed by atoms with van der Waals surface area (Å²) in [5.41, 5.74) is 0.331. The number of ether oxygens (including phenoxy) is 1. The Bertz CT molecular complexity index is 353. The predicted octanol–water partition coefficient (Wildman–Crippen LogP) is 2.02. The highest BCUT2D eigenvalue weighted by Crippen LogP contribution is 2.51. The van der Waals surface area contributed by atoms with Crippen LogP contribution in [0.5, 0.6) is 0 Å². The van der Waals surface area contributed by atoms with Gasteiger partial charge in [0.05, 0.1) is 6.10 Å². The Hall–Kier alpha value is -0.120. The molecule has 2 heterocycles. The van der Waals surface area contributed by atoms with E-state index in [1.165, 1.54) is 45.2 Å². The molecule has 0 aromatic carbocycles. The number of hydrogen-bond donors (Lipinski definition) is 1. The second-order valence-corrected chi connectivity index (χ2v) is 7.77. The molecule has 4 fully saturated rings. The lowest BCUT2D eigenvalue weighted by atomic mass is 9.55. The molecule has 3 nitrogen and oxygen atoms in total. The van der Waals surface area contributed by atoms with Gasteiger partial charge in [-0.15, -0.1) is 0 Å². The molecule has 19 heavy (non-hydrogen) atoms. The van der Waals surface area contributed by atoms with Gasteiger partial charge in [-0.05, 0) is 32.1 Å². The van der Waals surface area contributed by atoms with Gasteiger partial charge in [0.1, 0.15) is 0 Å². The molecule has 4 unspecified atom stereocenters. The van der Waals surface area contributed by atoms with Gasteiger partial charge in [0, 0.05) is 49.2 Å². The van der Waals surface area contributed by atoms with Crippen molar-refractivity contribution >= 4 is 0 Å². The number of likely N-dealkylation sites (tertiary alicyclic amines) is 1. The minimum atomic E-state index is 0.331. The first kappa shape index (κ1) is 12.6. The van der Waals surface area contributed by atoms with Crippen LogP contribution in [0.4, 0.5) is 0 Å². The second-order valence-electron chi connectivity index (χ2n) is 7.77. The highest BCUT2D eigenvalue weighted by Gasteiger charge is 2.58. The van der Waals surface area contributed by atoms with Gasteiger partial charge in [-0.1, -0.05) is 13.8 Å². The van der Waals surface area contributed by atoms with Crippen LogP contribution in [-0.4, -0.2) is 48.8 Å². The molecule has 4 aliphatic rings. The zero-order chi connectivity index (χ0) is 13.0. The van der Waals surface area contributed by atoms with E-state index in [2.05, 4.69) is 24.1 Å². The molecule has 108 valence electrons. The Balaban J connectivity index is 1.37. The Morgan fingerprint density at radius 3 is 2.79 bits per heavy atom. The first-order chi connectivity index (χ1) is 9.16. The lowest BCUT2D eigenvalue weighted by Crippen LogP contribution is -2.70. The summed E-state index contributed by atoms with van der Waals surface area (Å²) in [6.45, 7) is 8.38. The topological polar surface area (TPSA) is 24.5 Å². The van der Waals surface area contributed by atoms with E-state index in [-0.39, 0.29) is 0 Å². The van der Waals surface area contributed by atoms with Crippen LogP contribution in [0.15, 0.2) is 0 Å². The maximum absolute atomic E-state index is 6.01. The van der Waals surface area contributed by atoms with Crippen LogP contribution in [0.1, 0.15) is 46.0 Å². The Morgan fingerprint density at radius 1 is 1.16 bits per heavy atom. The molecule has 3 heteroatoms. The average molecular weight is 264 g/mol. The fourth-order valence-electron chi connectivity index (χ4n) is 4.81. The third-order valence-electron chi connectivity index (χ3n) is 6.03. The number of rotatable bonds is 3. The highest BCUT2D eigenvalue weighted by atomic mass is 16.5. The van der Waals surface area contributed by atoms with Crippen molar-refractivity contribution < 1.29 is 4.74 Å². The minimum Gasteiger partial charge on any atom is -0.377 e. The third-order valence-corrected chi connectivity index (χ3v) is 6.03. The van der Waals surface area contributed by atoms with E-state index in [9.17, 15) is 0 Å². The van der Waals surface area contributed by atoms with Crippen molar-refractivity contribution in [2.75, 3.05) is 19.7 Å². The van der Waals surface area contributed by atoms with Crippen molar-refractivity contribution in [2.24, 2.45) is 11.3 Å². The van der Waals surface area contributed by atoms with Gasteiger partial charge in [-0.25, -0.2) is 0 Å². The summed E-state index contributed by atoms with van der Waals surface area (Å²) in [5.74, 6) is 0.777. The van der Waals surface area contributed by atoms with Crippen LogP contribution in [0, 0.1) is 11.3 Å². The van der Waals surface area contributed by atoms with Crippen molar-refractivity contribution in [3.63, 3.8) is 0 Å². The molecule has 4 atom stereocenters. The molecule has 2 aliphatic carbocycles. The summed E-state index contributed by atoms with van der Waals surface area (Å²) in [7, 11) is 0. The monoisotopic (exact) mass is 264 g/mol. The molecule has 0 radical (unpaired) electrons. The van der Waals surface area contributed by atoms with E-state index >= 15 is 0 Å². The average Bonchev–Trinajstić information content (AvgIpc) is 3.16. The number of fused-ring (bicyclic) bond motifs is 1. The van der Waals surface area contributed by atoms with Gasteiger partial charge in [0.15, 0.2) is 0 Å². The predicted molar refractivity (Wildman–Crippen MR) is 76.2 cm³/mol. The molecular weight excluding hydrogens is 236 g/mol. The SMILES string of the molecule is CC1(C)C(NC2CCN(C3CC3)C2)C2CCCOC21. The largest absolute Gasteiger partial charge is 0.377 e. The molecule has 0 aromatic rings. The first-order valence-electron chi connectivity index (χ1n) is 8.28. The molecule has 0 aromatic heterocycles. The first-order valence-corrected chi connectivity index (χ1v) is 8.28. The van der Waals surface area contributed by atoms with E-state index in [0.717, 1.165) is 24.6 Å². The summed E-state index contributed by atoms with van der Waals surface area (Å²) in [4.78, 5) is 2.71. The molecule has 0 spiro atoms. The third kappa shape index (κ3) is 2.05. The van der Waals surface area contributed by atoms with Gasteiger partial charge in [0.2, 0.25) is 0 Å². The molecule has 0 amide bonds. The quantitative estimate of drug-likeness (QED) is 0.844. The molecular formula is C16H28N2O. The van der Waals surface area contributed by atoms with E-state index in [1.807, 2.05) is 0 Å². The molecule has 2 aliphatic heterocycles. The van der Waals surface area contributed by atoms with Gasteiger partial charge in [0.25, 0.3) is 0 Å². The van der Waals surface area contributed by atoms with Crippen molar-refractivity contribution in [3.05, 3.63) is 0 Å². The number of nitrogens with one attached hydrogen (secondary N) is 1. The van der Waals surface area contributed by atoms with Gasteiger partial charge in [-0.3, -0.25) is 4.90 Å². The lowest BCUT2D eigenvalue weighted by Gasteiger charge is -2.60. The Labute approximate surface area is 117 Å². The van der Waals surface area contributed by atoms with Crippen molar-refractivity contribution in [1.29, 1.82) is 0 Å². The van der Waals surface area contributed by atoms with Crippen LogP contribution in [0.3, 0.4) is 0 Å². The van der Waals surface area contributed by atoms with Crippen LogP contribution < -0.4 is 5.32 Å². The van der Waals surface area contributed by atoms with E-state index in [1.54, 1.807) is 0 Å². The van der Waals surface area contributed by atoms with Gasteiger partial charge >= 0.3 is 0 Å². The highest BCUT2D eigenvalue weighted by molar-refractivity contribution is 5.11. The summed E-state index contributed by atoms with van der Waals surface area (Å²) in [6, 6.07) is 2.35. The molecule has 0 bridgehead atoms. The maximum atomic E-state index is 6.01. The van der Waals surface area contributed by atoms with Gasteiger partial charge < -0.3 is 10.1 Å². The molecule has 2 saturated carbocycles. The smallest absolute Gasteiger partial charge is 0.0684 e. The zero-order valence-electron chi connectivity index (χ0n) is 12.4. The van der Waals surface area contributed by atoms with Crippen LogP contribution in [0.2, 0.25) is 0 Å². The molecule has 2 saturated heterocycles. The van der Waals surface area contributed by atoms with Crippen LogP contribution in [-0.2, 0) is 4.74 Å². The Morgan fingerprint density at radius 2 is 2.00 bits per heavy atom. The maximum Gasteiger partial charge on any atom is 0.0684 e. The number of nitrogens with zero attached hydrogens (tertiary/aromatic N) is 1. The van der Waals surface area contributed by atoms with E-state index in [4.69, 9.17) is 4.74 Å². The fourth-order valence-corrected chi connectivity index (χ4v) is 4.81. The summed E-state index contributed by atoms with van der Waals surface area (Å²) >= 11 is 0. The zero-order valence-corrected chi connectivity index (χ0v) is 12.4. The lowest BCUT2D eigenvalue weighted by molar-refractivity contribution is -0.194. The standard InChI is InChI=1S/C16H28N2O/c1-16(2)14(13-4-3-9-19-15(13)16)17-11-7-8-18(10-11)12-5-6-12/h11-15,17H,3-10H2,1-2H3. The van der Waals surface area contributed by atoms with E-state index < -0.39 is 0 Å². The molecule has 1 N–H and O–H groups in total. The van der Waals surface area contributed by atoms with Gasteiger partial charge in [-0.2, -0.15) is 0 Å². The minimum absolute atomic E-state index is 0.331. The number of hydrogen-bond acceptors (Lipinski definition) is 3. The van der Waals surface area contributed by atoms with Crippen LogP contribution >= 0.6 is 0 Å². The molecule has 4 rings (SSSR count). The van der Waals surface area contributed by atoms with Crippen molar-refractivity contribution in [2.45, 2.75) is 70.2 Å². The summed E-state index contributed by atoms with van der Waals surface area (Å²) < 4.78 is 6.01. The normalized spacial score (nSPS) is 45.8. The summed E-state index contributed by atoms with van der Waals surface area (Å²) in [6.07, 6.45) is 7.38. The second kappa shape index (κ2) is 4.44. The van der Waals surface area contributed by atoms with Crippen molar-refractivity contribution in [3.8, 4) is 0 Å². The van der Waals surface area contributed by atoms with Crippen LogP contribution in [0.25, 0.3) is 0 Å². The summed E-state index contributed by atoms with van der Waals surface area (Å²) in [5, 5.41) is 4.00.